The third-order valence-electron chi connectivity index (χ3n) is 1.94. The molecule has 0 heterocycles. The second-order valence-electron chi connectivity index (χ2n) is 3.62. The summed E-state index contributed by atoms with van der Waals surface area (Å²) in [6.45, 7) is 6.45. The van der Waals surface area contributed by atoms with Crippen molar-refractivity contribution in [1.82, 2.24) is 0 Å². The van der Waals surface area contributed by atoms with E-state index in [4.69, 9.17) is 21.9 Å². The van der Waals surface area contributed by atoms with Crippen molar-refractivity contribution in [2.24, 2.45) is 42.2 Å². The van der Waals surface area contributed by atoms with Gasteiger partial charge in [0.25, 0.3) is 0 Å². The van der Waals surface area contributed by atoms with E-state index in [1.165, 1.54) is 0 Å². The molecule has 0 atom stereocenters. The minimum absolute atomic E-state index is 0. The standard InChI is InChI=1S/2C5H10N4OS.Co/c2*1-3(4(2)9-10)7-8-5(6)11;/h2*10H,1-2H3,(H3,6,8,11);/q;;+2/p-2. The molecule has 0 bridgehead atoms. The van der Waals surface area contributed by atoms with E-state index >= 15 is 0 Å². The summed E-state index contributed by atoms with van der Waals surface area (Å²) in [7, 11) is 0. The van der Waals surface area contributed by atoms with E-state index in [2.05, 4.69) is 56.0 Å². The second kappa shape index (κ2) is 15.1. The Morgan fingerprint density at radius 1 is 0.652 bits per heavy atom. The van der Waals surface area contributed by atoms with Crippen LogP contribution < -0.4 is 11.5 Å². The summed E-state index contributed by atoms with van der Waals surface area (Å²) in [5.74, 6) is 0. The largest absolute Gasteiger partial charge is 2.00 e. The number of oxime groups is 2. The third-order valence-corrected chi connectivity index (χ3v) is 2.11. The first-order valence-electron chi connectivity index (χ1n) is 5.63. The van der Waals surface area contributed by atoms with Crippen LogP contribution in [-0.2, 0) is 42.0 Å². The van der Waals surface area contributed by atoms with Crippen molar-refractivity contribution >= 4 is 58.4 Å². The molecular formula is C10H18CoN8O2S2. The average Bonchev–Trinajstić information content (AvgIpc) is 2.48. The Bertz CT molecular complexity index is 487. The molecule has 131 valence electrons. The molecule has 0 fully saturated rings. The topological polar surface area (TPSA) is 167 Å². The molecule has 0 aliphatic rings. The molecule has 0 aromatic rings. The van der Waals surface area contributed by atoms with Gasteiger partial charge in [-0.1, -0.05) is 10.3 Å². The zero-order valence-electron chi connectivity index (χ0n) is 12.9. The minimum atomic E-state index is -0.0462. The molecule has 0 aromatic carbocycles. The number of nitrogens with zero attached hydrogens (tertiary/aromatic N) is 6. The Hall–Kier alpha value is -1.83. The van der Waals surface area contributed by atoms with Crippen molar-refractivity contribution in [1.29, 1.82) is 0 Å². The monoisotopic (exact) mass is 405 g/mol. The van der Waals surface area contributed by atoms with Gasteiger partial charge in [0.2, 0.25) is 0 Å². The summed E-state index contributed by atoms with van der Waals surface area (Å²) in [6.07, 6.45) is 0. The molecule has 0 spiro atoms. The summed E-state index contributed by atoms with van der Waals surface area (Å²) in [5.41, 5.74) is 11.8. The van der Waals surface area contributed by atoms with Gasteiger partial charge in [-0.2, -0.15) is 20.4 Å². The molecule has 23 heavy (non-hydrogen) atoms. The van der Waals surface area contributed by atoms with Crippen LogP contribution in [0.15, 0.2) is 30.7 Å². The van der Waals surface area contributed by atoms with E-state index in [-0.39, 0.29) is 27.1 Å². The molecule has 0 unspecified atom stereocenters. The van der Waals surface area contributed by atoms with Gasteiger partial charge in [-0.3, -0.25) is 0 Å². The maximum absolute atomic E-state index is 8.27. The third kappa shape index (κ3) is 16.4. The predicted molar refractivity (Wildman–Crippen MR) is 94.0 cm³/mol. The number of hydrogen-bond donors (Lipinski definition) is 4. The minimum Gasteiger partial charge on any atom is -0.741 e. The van der Waals surface area contributed by atoms with E-state index in [0.717, 1.165) is 0 Å². The summed E-state index contributed by atoms with van der Waals surface area (Å²) in [6, 6.07) is 0. The van der Waals surface area contributed by atoms with Crippen LogP contribution in [0.4, 0.5) is 0 Å². The van der Waals surface area contributed by atoms with Crippen LogP contribution in [0.3, 0.4) is 0 Å². The molecule has 0 aliphatic heterocycles. The van der Waals surface area contributed by atoms with Gasteiger partial charge in [-0.25, -0.2) is 0 Å². The molecule has 0 saturated heterocycles. The fourth-order valence-electron chi connectivity index (χ4n) is 0.538. The number of nitrogens with two attached hydrogens (primary N) is 2. The van der Waals surface area contributed by atoms with Crippen LogP contribution in [0.25, 0.3) is 0 Å². The van der Waals surface area contributed by atoms with E-state index in [1.54, 1.807) is 27.7 Å². The number of amidine groups is 2. The molecule has 0 amide bonds. The van der Waals surface area contributed by atoms with Crippen LogP contribution in [0.1, 0.15) is 27.7 Å². The van der Waals surface area contributed by atoms with Gasteiger partial charge < -0.3 is 47.1 Å². The zero-order chi connectivity index (χ0) is 17.7. The molecule has 6 N–H and O–H groups in total. The Labute approximate surface area is 155 Å². The van der Waals surface area contributed by atoms with Crippen molar-refractivity contribution in [3.8, 4) is 0 Å². The van der Waals surface area contributed by atoms with E-state index in [0.29, 0.717) is 22.8 Å². The first-order valence-corrected chi connectivity index (χ1v) is 6.44. The average molecular weight is 405 g/mol. The fraction of sp³-hybridized carbons (Fsp3) is 0.400. The summed E-state index contributed by atoms with van der Waals surface area (Å²) in [5, 5.41) is 36.2. The number of hydrogen-bond acceptors (Lipinski definition) is 10. The SMILES string of the molecule is CC(=NO)C(C)=NN=C(N)[S-].CC(=NO)C(C)=NN=C(N)[S-].[Co+2]. The van der Waals surface area contributed by atoms with E-state index in [9.17, 15) is 0 Å². The Balaban J connectivity index is -0.000000333. The molecule has 0 aliphatic carbocycles. The Morgan fingerprint density at radius 2 is 0.913 bits per heavy atom. The van der Waals surface area contributed by atoms with Crippen molar-refractivity contribution in [3.05, 3.63) is 0 Å². The first kappa shape index (κ1) is 26.1. The van der Waals surface area contributed by atoms with Gasteiger partial charge >= 0.3 is 16.8 Å². The second-order valence-corrected chi connectivity index (χ2v) is 4.45. The van der Waals surface area contributed by atoms with Crippen molar-refractivity contribution < 1.29 is 27.2 Å². The molecular weight excluding hydrogens is 387 g/mol. The van der Waals surface area contributed by atoms with Crippen LogP contribution in [0, 0.1) is 0 Å². The maximum atomic E-state index is 8.27. The quantitative estimate of drug-likeness (QED) is 0.171. The summed E-state index contributed by atoms with van der Waals surface area (Å²) < 4.78 is 0. The molecule has 0 aromatic heterocycles. The maximum Gasteiger partial charge on any atom is 2.00 e. The van der Waals surface area contributed by atoms with Gasteiger partial charge in [0.05, 0.1) is 22.8 Å². The predicted octanol–water partition coefficient (Wildman–Crippen LogP) is 0.146. The molecule has 13 heteroatoms. The Kier molecular flexibility index (Phi) is 17.1. The fourth-order valence-corrected chi connectivity index (χ4v) is 0.620. The molecule has 1 radical (unpaired) electrons. The molecule has 0 rings (SSSR count). The smallest absolute Gasteiger partial charge is 0.741 e. The van der Waals surface area contributed by atoms with Gasteiger partial charge in [0.1, 0.15) is 0 Å². The van der Waals surface area contributed by atoms with Gasteiger partial charge in [-0.15, -0.1) is 0 Å². The van der Waals surface area contributed by atoms with Crippen LogP contribution in [-0.4, -0.2) is 43.6 Å². The Morgan fingerprint density at radius 3 is 1.09 bits per heavy atom. The summed E-state index contributed by atoms with van der Waals surface area (Å²) in [4.78, 5) is 0. The van der Waals surface area contributed by atoms with Gasteiger partial charge in [0.15, 0.2) is 0 Å². The van der Waals surface area contributed by atoms with Crippen LogP contribution in [0.2, 0.25) is 0 Å². The first-order chi connectivity index (χ1) is 10.1. The van der Waals surface area contributed by atoms with Crippen molar-refractivity contribution in [2.45, 2.75) is 27.7 Å². The van der Waals surface area contributed by atoms with Crippen molar-refractivity contribution in [2.75, 3.05) is 0 Å². The zero-order valence-corrected chi connectivity index (χ0v) is 15.6. The van der Waals surface area contributed by atoms with Gasteiger partial charge in [-0.05, 0) is 38.0 Å². The normalized spacial score (nSPS) is 14.6. The van der Waals surface area contributed by atoms with Crippen LogP contribution in [0.5, 0.6) is 0 Å². The molecule has 10 nitrogen and oxygen atoms in total. The number of rotatable bonds is 4. The van der Waals surface area contributed by atoms with Crippen molar-refractivity contribution in [3.63, 3.8) is 0 Å². The van der Waals surface area contributed by atoms with Crippen LogP contribution >= 0.6 is 0 Å². The van der Waals surface area contributed by atoms with Gasteiger partial charge in [0, 0.05) is 0 Å². The summed E-state index contributed by atoms with van der Waals surface area (Å²) >= 11 is 8.88. The molecule has 0 saturated carbocycles. The van der Waals surface area contributed by atoms with E-state index < -0.39 is 0 Å². The van der Waals surface area contributed by atoms with E-state index in [1.807, 2.05) is 0 Å².